The molecule has 3 unspecified atom stereocenters. The molecule has 0 spiro atoms. The maximum absolute atomic E-state index is 6.48. The third-order valence-corrected chi connectivity index (χ3v) is 8.05. The van der Waals surface area contributed by atoms with Crippen LogP contribution in [-0.2, 0) is 9.47 Å². The third-order valence-electron chi connectivity index (χ3n) is 6.65. The van der Waals surface area contributed by atoms with Gasteiger partial charge in [0.2, 0.25) is 0 Å². The van der Waals surface area contributed by atoms with E-state index in [9.17, 15) is 0 Å². The van der Waals surface area contributed by atoms with Crippen LogP contribution in [0, 0.1) is 11.8 Å². The van der Waals surface area contributed by atoms with E-state index in [0.29, 0.717) is 5.92 Å². The highest BCUT2D eigenvalue weighted by Gasteiger charge is 2.40. The minimum Gasteiger partial charge on any atom is -0.464 e. The molecule has 8 heteroatoms. The predicted molar refractivity (Wildman–Crippen MR) is 131 cm³/mol. The molecule has 1 aromatic carbocycles. The molecule has 2 saturated heterocycles. The number of halogens is 1. The lowest BCUT2D eigenvalue weighted by Crippen LogP contribution is -2.47. The molecule has 5 rings (SSSR count). The largest absolute Gasteiger partial charge is 0.464 e. The van der Waals surface area contributed by atoms with Gasteiger partial charge in [0.1, 0.15) is 11.9 Å². The number of piperazine rings is 1. The lowest BCUT2D eigenvalue weighted by atomic mass is 9.98. The molecule has 0 bridgehead atoms. The molecule has 3 atom stereocenters. The molecule has 4 aliphatic heterocycles. The van der Waals surface area contributed by atoms with Crippen molar-refractivity contribution in [2.24, 2.45) is 21.8 Å². The maximum Gasteiger partial charge on any atom is 0.188 e. The van der Waals surface area contributed by atoms with E-state index in [4.69, 9.17) is 31.1 Å². The van der Waals surface area contributed by atoms with Crippen LogP contribution >= 0.6 is 23.4 Å². The Kier molecular flexibility index (Phi) is 7.07. The van der Waals surface area contributed by atoms with Crippen LogP contribution in [0.4, 0.5) is 0 Å². The van der Waals surface area contributed by atoms with E-state index >= 15 is 0 Å². The summed E-state index contributed by atoms with van der Waals surface area (Å²) in [6.45, 7) is 6.59. The third kappa shape index (κ3) is 5.16. The summed E-state index contributed by atoms with van der Waals surface area (Å²) in [5.74, 6) is 2.63. The number of amidine groups is 1. The van der Waals surface area contributed by atoms with Crippen LogP contribution in [0.2, 0.25) is 5.02 Å². The van der Waals surface area contributed by atoms with Gasteiger partial charge in [-0.15, -0.1) is 0 Å². The Hall–Kier alpha value is -1.54. The van der Waals surface area contributed by atoms with Crippen LogP contribution in [0.1, 0.15) is 12.8 Å². The summed E-state index contributed by atoms with van der Waals surface area (Å²) in [5.41, 5.74) is -0.0518. The monoisotopic (exact) mass is 474 g/mol. The standard InChI is InChI=1S/C24H31ClN4O2S/c1-28-10-12-29(13-11-28)21-7-2-18(16-26-21)22-24(32-20-5-3-19(25)4-6-20)31-23(27-22)17-8-14-30-15-9-17/h2-7,17-18,22,24H,8-16H2,1H3. The van der Waals surface area contributed by atoms with Crippen LogP contribution in [-0.4, -0.2) is 86.0 Å². The molecule has 1 aromatic rings. The summed E-state index contributed by atoms with van der Waals surface area (Å²) in [4.78, 5) is 16.0. The van der Waals surface area contributed by atoms with Crippen molar-refractivity contribution in [3.63, 3.8) is 0 Å². The number of ether oxygens (including phenoxy) is 2. The normalized spacial score (nSPS) is 29.6. The Balaban J connectivity index is 1.29. The van der Waals surface area contributed by atoms with Crippen LogP contribution in [0.5, 0.6) is 0 Å². The molecule has 0 radical (unpaired) electrons. The zero-order valence-corrected chi connectivity index (χ0v) is 20.1. The average molecular weight is 475 g/mol. The number of likely N-dealkylation sites (N-methyl/N-ethyl adjacent to an activating group) is 1. The maximum atomic E-state index is 6.48. The van der Waals surface area contributed by atoms with Crippen molar-refractivity contribution < 1.29 is 9.47 Å². The summed E-state index contributed by atoms with van der Waals surface area (Å²) in [5, 5.41) is 0.748. The highest BCUT2D eigenvalue weighted by Crippen LogP contribution is 2.38. The van der Waals surface area contributed by atoms with Gasteiger partial charge in [0, 0.05) is 67.7 Å². The van der Waals surface area contributed by atoms with Crippen molar-refractivity contribution in [1.29, 1.82) is 0 Å². The van der Waals surface area contributed by atoms with Crippen molar-refractivity contribution in [1.82, 2.24) is 9.80 Å². The first-order chi connectivity index (χ1) is 15.7. The number of hydrogen-bond acceptors (Lipinski definition) is 7. The average Bonchev–Trinajstić information content (AvgIpc) is 3.25. The number of thioether (sulfide) groups is 1. The van der Waals surface area contributed by atoms with Crippen LogP contribution < -0.4 is 0 Å². The van der Waals surface area contributed by atoms with Crippen molar-refractivity contribution in [2.75, 3.05) is 53.0 Å². The minimum atomic E-state index is -0.0518. The first-order valence-corrected chi connectivity index (χ1v) is 12.8. The fourth-order valence-corrected chi connectivity index (χ4v) is 5.83. The van der Waals surface area contributed by atoms with Gasteiger partial charge >= 0.3 is 0 Å². The van der Waals surface area contributed by atoms with Crippen molar-refractivity contribution in [2.45, 2.75) is 29.2 Å². The molecule has 6 nitrogen and oxygen atoms in total. The Morgan fingerprint density at radius 2 is 1.81 bits per heavy atom. The van der Waals surface area contributed by atoms with Crippen LogP contribution in [0.3, 0.4) is 0 Å². The van der Waals surface area contributed by atoms with Crippen molar-refractivity contribution >= 4 is 35.1 Å². The number of hydrogen-bond donors (Lipinski definition) is 0. The fraction of sp³-hybridized carbons (Fsp3) is 0.583. The SMILES string of the molecule is CN1CCN(C2=NCC(C3N=C(C4CCOCC4)OC3Sc3ccc(Cl)cc3)C=C2)CC1. The van der Waals surface area contributed by atoms with E-state index in [0.717, 1.165) is 80.4 Å². The second kappa shape index (κ2) is 10.2. The van der Waals surface area contributed by atoms with Gasteiger partial charge in [-0.25, -0.2) is 4.99 Å². The van der Waals surface area contributed by atoms with E-state index < -0.39 is 0 Å². The highest BCUT2D eigenvalue weighted by atomic mass is 35.5. The molecular weight excluding hydrogens is 444 g/mol. The second-order valence-electron chi connectivity index (χ2n) is 8.91. The Morgan fingerprint density at radius 3 is 2.50 bits per heavy atom. The summed E-state index contributed by atoms with van der Waals surface area (Å²) in [6, 6.07) is 8.03. The van der Waals surface area contributed by atoms with Crippen LogP contribution in [0.15, 0.2) is 51.3 Å². The Morgan fingerprint density at radius 1 is 1.06 bits per heavy atom. The Labute approximate surface area is 199 Å². The smallest absolute Gasteiger partial charge is 0.188 e. The molecular formula is C24H31ClN4O2S. The number of rotatable bonds is 4. The predicted octanol–water partition coefficient (Wildman–Crippen LogP) is 3.81. The van der Waals surface area contributed by atoms with Gasteiger partial charge in [-0.2, -0.15) is 0 Å². The van der Waals surface area contributed by atoms with Gasteiger partial charge in [-0.05, 0) is 50.2 Å². The van der Waals surface area contributed by atoms with E-state index in [2.05, 4.69) is 41.1 Å². The molecule has 172 valence electrons. The first-order valence-electron chi connectivity index (χ1n) is 11.6. The highest BCUT2D eigenvalue weighted by molar-refractivity contribution is 7.99. The van der Waals surface area contributed by atoms with E-state index in [-0.39, 0.29) is 17.4 Å². The zero-order valence-electron chi connectivity index (χ0n) is 18.5. The summed E-state index contributed by atoms with van der Waals surface area (Å²) >= 11 is 7.82. The molecule has 2 fully saturated rings. The fourth-order valence-electron chi connectivity index (χ4n) is 4.60. The molecule has 4 heterocycles. The second-order valence-corrected chi connectivity index (χ2v) is 10.5. The number of nitrogens with zero attached hydrogens (tertiary/aromatic N) is 4. The molecule has 0 saturated carbocycles. The van der Waals surface area contributed by atoms with Crippen molar-refractivity contribution in [3.05, 3.63) is 41.4 Å². The summed E-state index contributed by atoms with van der Waals surface area (Å²) in [6.07, 6.45) is 6.47. The Bertz CT molecular complexity index is 876. The molecule has 0 aliphatic carbocycles. The first kappa shape index (κ1) is 22.3. The van der Waals surface area contributed by atoms with Crippen molar-refractivity contribution in [3.8, 4) is 0 Å². The quantitative estimate of drug-likeness (QED) is 0.664. The topological polar surface area (TPSA) is 49.7 Å². The van der Waals surface area contributed by atoms with Gasteiger partial charge in [0.15, 0.2) is 11.3 Å². The number of benzene rings is 1. The molecule has 0 N–H and O–H groups in total. The van der Waals surface area contributed by atoms with Gasteiger partial charge in [-0.3, -0.25) is 4.99 Å². The summed E-state index contributed by atoms with van der Waals surface area (Å²) < 4.78 is 12.0. The number of dihydropyridines is 1. The van der Waals surface area contributed by atoms with E-state index in [1.165, 1.54) is 0 Å². The van der Waals surface area contributed by atoms with Gasteiger partial charge < -0.3 is 19.3 Å². The lowest BCUT2D eigenvalue weighted by molar-refractivity contribution is 0.0764. The molecule has 0 aromatic heterocycles. The molecule has 4 aliphatic rings. The summed E-state index contributed by atoms with van der Waals surface area (Å²) in [7, 11) is 2.18. The van der Waals surface area contributed by atoms with Crippen LogP contribution in [0.25, 0.3) is 0 Å². The van der Waals surface area contributed by atoms with Gasteiger partial charge in [-0.1, -0.05) is 29.4 Å². The molecule has 0 amide bonds. The van der Waals surface area contributed by atoms with E-state index in [1.54, 1.807) is 11.8 Å². The minimum absolute atomic E-state index is 0.0518. The molecule has 32 heavy (non-hydrogen) atoms. The van der Waals surface area contributed by atoms with E-state index in [1.807, 2.05) is 12.1 Å². The van der Waals surface area contributed by atoms with Gasteiger partial charge in [0.05, 0.1) is 0 Å². The zero-order chi connectivity index (χ0) is 21.9. The number of aliphatic imine (C=N–C) groups is 2. The van der Waals surface area contributed by atoms with Gasteiger partial charge in [0.25, 0.3) is 0 Å². The lowest BCUT2D eigenvalue weighted by Gasteiger charge is -2.35.